The molecule has 0 aromatic heterocycles. The van der Waals surface area contributed by atoms with Crippen LogP contribution in [0.15, 0.2) is 24.3 Å². The Kier molecular flexibility index (Phi) is 4.98. The smallest absolute Gasteiger partial charge is 0.123 e. The van der Waals surface area contributed by atoms with Crippen LogP contribution in [0.4, 0.5) is 0 Å². The molecule has 0 aliphatic heterocycles. The summed E-state index contributed by atoms with van der Waals surface area (Å²) in [4.78, 5) is 0. The minimum atomic E-state index is 0.0588. The van der Waals surface area contributed by atoms with Crippen molar-refractivity contribution in [2.75, 3.05) is 6.54 Å². The molecule has 2 rings (SSSR count). The van der Waals surface area contributed by atoms with E-state index in [0.717, 1.165) is 18.7 Å². The maximum absolute atomic E-state index is 6.54. The van der Waals surface area contributed by atoms with Gasteiger partial charge in [0.2, 0.25) is 0 Å². The van der Waals surface area contributed by atoms with Crippen molar-refractivity contribution in [1.29, 1.82) is 0 Å². The summed E-state index contributed by atoms with van der Waals surface area (Å²) in [5, 5.41) is 3.52. The van der Waals surface area contributed by atoms with Gasteiger partial charge in [0.25, 0.3) is 0 Å². The second-order valence-corrected chi connectivity index (χ2v) is 7.74. The highest BCUT2D eigenvalue weighted by Crippen LogP contribution is 2.42. The van der Waals surface area contributed by atoms with Crippen molar-refractivity contribution < 1.29 is 4.74 Å². The van der Waals surface area contributed by atoms with E-state index >= 15 is 0 Å². The van der Waals surface area contributed by atoms with Gasteiger partial charge in [0.15, 0.2) is 0 Å². The van der Waals surface area contributed by atoms with Crippen molar-refractivity contribution in [3.63, 3.8) is 0 Å². The first-order valence-corrected chi connectivity index (χ1v) is 8.34. The molecule has 21 heavy (non-hydrogen) atoms. The fraction of sp³-hybridized carbons (Fsp3) is 0.684. The number of benzene rings is 1. The summed E-state index contributed by atoms with van der Waals surface area (Å²) in [6.07, 6.45) is 4.76. The summed E-state index contributed by atoms with van der Waals surface area (Å²) >= 11 is 0. The van der Waals surface area contributed by atoms with E-state index in [4.69, 9.17) is 4.74 Å². The van der Waals surface area contributed by atoms with Gasteiger partial charge >= 0.3 is 0 Å². The van der Waals surface area contributed by atoms with Crippen molar-refractivity contribution >= 4 is 0 Å². The lowest BCUT2D eigenvalue weighted by atomic mass is 9.77. The Morgan fingerprint density at radius 3 is 2.38 bits per heavy atom. The van der Waals surface area contributed by atoms with Gasteiger partial charge in [-0.3, -0.25) is 0 Å². The summed E-state index contributed by atoms with van der Waals surface area (Å²) < 4.78 is 6.54. The van der Waals surface area contributed by atoms with Crippen LogP contribution in [-0.2, 0) is 5.41 Å². The van der Waals surface area contributed by atoms with Crippen LogP contribution in [0, 0.1) is 0 Å². The monoisotopic (exact) mass is 289 g/mol. The Morgan fingerprint density at radius 2 is 1.86 bits per heavy atom. The van der Waals surface area contributed by atoms with E-state index in [0.29, 0.717) is 6.04 Å². The molecule has 0 heterocycles. The standard InChI is InChI=1S/C19H31NO/c1-15(2)20-14-13-19(11-8-12-19)21-17-10-7-6-9-16(17)18(3,4)5/h6-7,9-10,15,20H,8,11-14H2,1-5H3. The molecule has 118 valence electrons. The molecule has 0 bridgehead atoms. The molecular formula is C19H31NO. The highest BCUT2D eigenvalue weighted by atomic mass is 16.5. The Balaban J connectivity index is 2.09. The van der Waals surface area contributed by atoms with E-state index in [1.54, 1.807) is 0 Å². The van der Waals surface area contributed by atoms with Gasteiger partial charge < -0.3 is 10.1 Å². The van der Waals surface area contributed by atoms with E-state index in [-0.39, 0.29) is 11.0 Å². The lowest BCUT2D eigenvalue weighted by molar-refractivity contribution is -0.0158. The Morgan fingerprint density at radius 1 is 1.19 bits per heavy atom. The van der Waals surface area contributed by atoms with Crippen LogP contribution in [-0.4, -0.2) is 18.2 Å². The summed E-state index contributed by atoms with van der Waals surface area (Å²) in [5.41, 5.74) is 1.49. The van der Waals surface area contributed by atoms with Crippen molar-refractivity contribution in [3.8, 4) is 5.75 Å². The second kappa shape index (κ2) is 6.39. The van der Waals surface area contributed by atoms with Gasteiger partial charge in [0.05, 0.1) is 0 Å². The van der Waals surface area contributed by atoms with Gasteiger partial charge in [0, 0.05) is 6.04 Å². The predicted molar refractivity (Wildman–Crippen MR) is 90.1 cm³/mol. The highest BCUT2D eigenvalue weighted by Gasteiger charge is 2.39. The molecule has 0 spiro atoms. The van der Waals surface area contributed by atoms with Gasteiger partial charge in [-0.2, -0.15) is 0 Å². The maximum atomic E-state index is 6.54. The van der Waals surface area contributed by atoms with E-state index in [1.807, 2.05) is 0 Å². The van der Waals surface area contributed by atoms with Gasteiger partial charge in [-0.25, -0.2) is 0 Å². The van der Waals surface area contributed by atoms with Gasteiger partial charge in [0.1, 0.15) is 11.4 Å². The maximum Gasteiger partial charge on any atom is 0.123 e. The third-order valence-corrected chi connectivity index (χ3v) is 4.42. The fourth-order valence-corrected chi connectivity index (χ4v) is 2.97. The van der Waals surface area contributed by atoms with Crippen molar-refractivity contribution in [2.24, 2.45) is 0 Å². The lowest BCUT2D eigenvalue weighted by Crippen LogP contribution is -2.46. The Labute approximate surface area is 130 Å². The van der Waals surface area contributed by atoms with Gasteiger partial charge in [-0.1, -0.05) is 52.8 Å². The molecule has 0 radical (unpaired) electrons. The number of para-hydroxylation sites is 1. The Hall–Kier alpha value is -1.02. The third-order valence-electron chi connectivity index (χ3n) is 4.42. The number of hydrogen-bond acceptors (Lipinski definition) is 2. The molecule has 1 fully saturated rings. The Bertz CT molecular complexity index is 455. The van der Waals surface area contributed by atoms with Gasteiger partial charge in [-0.05, 0) is 49.3 Å². The molecule has 2 nitrogen and oxygen atoms in total. The van der Waals surface area contributed by atoms with Crippen molar-refractivity contribution in [3.05, 3.63) is 29.8 Å². The van der Waals surface area contributed by atoms with Crippen molar-refractivity contribution in [1.82, 2.24) is 5.32 Å². The van der Waals surface area contributed by atoms with Crippen LogP contribution in [0.5, 0.6) is 5.75 Å². The topological polar surface area (TPSA) is 21.3 Å². The SMILES string of the molecule is CC(C)NCCC1(Oc2ccccc2C(C)(C)C)CCC1. The zero-order valence-electron chi connectivity index (χ0n) is 14.3. The third kappa shape index (κ3) is 4.23. The first-order chi connectivity index (χ1) is 9.82. The molecule has 1 aliphatic rings. The van der Waals surface area contributed by atoms with Crippen LogP contribution in [0.2, 0.25) is 0 Å². The summed E-state index contributed by atoms with van der Waals surface area (Å²) in [7, 11) is 0. The van der Waals surface area contributed by atoms with Crippen LogP contribution in [0.25, 0.3) is 0 Å². The number of nitrogens with one attached hydrogen (secondary N) is 1. The zero-order valence-corrected chi connectivity index (χ0v) is 14.3. The van der Waals surface area contributed by atoms with E-state index < -0.39 is 0 Å². The normalized spacial score (nSPS) is 17.6. The second-order valence-electron chi connectivity index (χ2n) is 7.74. The largest absolute Gasteiger partial charge is 0.487 e. The molecule has 0 unspecified atom stereocenters. The van der Waals surface area contributed by atoms with Crippen LogP contribution >= 0.6 is 0 Å². The van der Waals surface area contributed by atoms with E-state index in [9.17, 15) is 0 Å². The van der Waals surface area contributed by atoms with Gasteiger partial charge in [-0.15, -0.1) is 0 Å². The van der Waals surface area contributed by atoms with Crippen LogP contribution in [0.3, 0.4) is 0 Å². The van der Waals surface area contributed by atoms with E-state index in [1.165, 1.54) is 24.8 Å². The number of hydrogen-bond donors (Lipinski definition) is 1. The first kappa shape index (κ1) is 16.4. The van der Waals surface area contributed by atoms with Crippen LogP contribution in [0.1, 0.15) is 65.9 Å². The molecule has 1 saturated carbocycles. The zero-order chi connectivity index (χ0) is 15.5. The molecular weight excluding hydrogens is 258 g/mol. The molecule has 1 aromatic carbocycles. The highest BCUT2D eigenvalue weighted by molar-refractivity contribution is 5.39. The van der Waals surface area contributed by atoms with Crippen LogP contribution < -0.4 is 10.1 Å². The molecule has 2 heteroatoms. The fourth-order valence-electron chi connectivity index (χ4n) is 2.97. The summed E-state index contributed by atoms with van der Waals surface area (Å²) in [5.74, 6) is 1.08. The molecule has 1 N–H and O–H groups in total. The number of rotatable bonds is 6. The average Bonchev–Trinajstić information content (AvgIpc) is 2.34. The van der Waals surface area contributed by atoms with E-state index in [2.05, 4.69) is 64.2 Å². The molecule has 1 aliphatic carbocycles. The lowest BCUT2D eigenvalue weighted by Gasteiger charge is -2.43. The minimum Gasteiger partial charge on any atom is -0.487 e. The summed E-state index contributed by atoms with van der Waals surface area (Å²) in [6.45, 7) is 12.2. The quantitative estimate of drug-likeness (QED) is 0.821. The first-order valence-electron chi connectivity index (χ1n) is 8.34. The molecule has 1 aromatic rings. The molecule has 0 saturated heterocycles. The predicted octanol–water partition coefficient (Wildman–Crippen LogP) is 4.67. The molecule has 0 amide bonds. The molecule has 0 atom stereocenters. The number of ether oxygens (including phenoxy) is 1. The average molecular weight is 289 g/mol. The minimum absolute atomic E-state index is 0.0588. The van der Waals surface area contributed by atoms with Crippen molar-refractivity contribution in [2.45, 2.75) is 77.4 Å². The summed E-state index contributed by atoms with van der Waals surface area (Å²) in [6, 6.07) is 9.08.